The molecule has 0 bridgehead atoms. The van der Waals surface area contributed by atoms with Gasteiger partial charge in [0.05, 0.1) is 20.8 Å². The zero-order chi connectivity index (χ0) is 30.9. The van der Waals surface area contributed by atoms with Crippen molar-refractivity contribution in [2.75, 3.05) is 4.90 Å². The van der Waals surface area contributed by atoms with E-state index in [-0.39, 0.29) is 0 Å². The molecule has 0 aliphatic rings. The zero-order valence-electron chi connectivity index (χ0n) is 25.4. The van der Waals surface area contributed by atoms with Gasteiger partial charge in [-0.1, -0.05) is 121 Å². The zero-order valence-corrected chi connectivity index (χ0v) is 27.0. The van der Waals surface area contributed by atoms with Gasteiger partial charge in [0.2, 0.25) is 0 Å². The van der Waals surface area contributed by atoms with Crippen molar-refractivity contribution < 1.29 is 0 Å². The van der Waals surface area contributed by atoms with Crippen molar-refractivity contribution >= 4 is 102 Å². The smallest absolute Gasteiger partial charge is 0.0640 e. The van der Waals surface area contributed by atoms with Crippen LogP contribution in [-0.4, -0.2) is 0 Å². The molecule has 0 saturated heterocycles. The Kier molecular flexibility index (Phi) is 5.98. The minimum absolute atomic E-state index is 1.15. The molecule has 3 heteroatoms. The van der Waals surface area contributed by atoms with E-state index in [1.54, 1.807) is 0 Å². The molecule has 0 radical (unpaired) electrons. The Hall–Kier alpha value is -5.48. The lowest BCUT2D eigenvalue weighted by Gasteiger charge is -2.27. The van der Waals surface area contributed by atoms with E-state index in [0.717, 1.165) is 5.69 Å². The van der Waals surface area contributed by atoms with E-state index >= 15 is 0 Å². The Bertz CT molecular complexity index is 2710. The van der Waals surface area contributed by atoms with Crippen molar-refractivity contribution in [3.63, 3.8) is 0 Å². The first-order valence-electron chi connectivity index (χ1n) is 15.9. The molecule has 0 N–H and O–H groups in total. The van der Waals surface area contributed by atoms with Crippen LogP contribution in [0.5, 0.6) is 0 Å². The monoisotopic (exact) mass is 633 g/mol. The third-order valence-electron chi connectivity index (χ3n) is 9.43. The summed E-state index contributed by atoms with van der Waals surface area (Å²) in [5.74, 6) is 0. The highest BCUT2D eigenvalue weighted by Gasteiger charge is 2.21. The molecule has 0 fully saturated rings. The summed E-state index contributed by atoms with van der Waals surface area (Å²) in [6.45, 7) is 0. The Morgan fingerprint density at radius 1 is 0.340 bits per heavy atom. The maximum absolute atomic E-state index is 2.49. The molecule has 0 atom stereocenters. The Morgan fingerprint density at radius 3 is 1.57 bits per heavy atom. The molecule has 8 aromatic carbocycles. The lowest BCUT2D eigenvalue weighted by Crippen LogP contribution is -2.10. The average Bonchev–Trinajstić information content (AvgIpc) is 3.71. The topological polar surface area (TPSA) is 3.24 Å². The van der Waals surface area contributed by atoms with Crippen LogP contribution < -0.4 is 4.90 Å². The summed E-state index contributed by atoms with van der Waals surface area (Å²) in [6, 6.07) is 60.2. The van der Waals surface area contributed by atoms with Gasteiger partial charge in [-0.05, 0) is 75.1 Å². The Balaban J connectivity index is 1.21. The predicted octanol–water partition coefficient (Wildman–Crippen LogP) is 13.9. The maximum atomic E-state index is 2.49. The first kappa shape index (κ1) is 26.7. The number of rotatable bonds is 4. The molecule has 0 aliphatic heterocycles. The van der Waals surface area contributed by atoms with Gasteiger partial charge in [-0.25, -0.2) is 0 Å². The highest BCUT2D eigenvalue weighted by molar-refractivity contribution is 7.27. The number of fused-ring (bicyclic) bond motifs is 9. The van der Waals surface area contributed by atoms with Crippen LogP contribution in [0.3, 0.4) is 0 Å². The first-order chi connectivity index (χ1) is 23.3. The molecule has 10 rings (SSSR count). The number of nitrogens with zero attached hydrogens (tertiary/aromatic N) is 1. The lowest BCUT2D eigenvalue weighted by molar-refractivity contribution is 1.32. The average molecular weight is 634 g/mol. The molecular formula is C44H27NS2. The maximum Gasteiger partial charge on any atom is 0.0640 e. The van der Waals surface area contributed by atoms with Crippen molar-refractivity contribution in [1.29, 1.82) is 0 Å². The fourth-order valence-corrected chi connectivity index (χ4v) is 9.65. The van der Waals surface area contributed by atoms with Crippen molar-refractivity contribution in [3.05, 3.63) is 164 Å². The highest BCUT2D eigenvalue weighted by atomic mass is 32.1. The largest absolute Gasteiger partial charge is 0.308 e. The van der Waals surface area contributed by atoms with E-state index in [4.69, 9.17) is 0 Å². The van der Waals surface area contributed by atoms with Gasteiger partial charge in [-0.3, -0.25) is 0 Å². The number of anilines is 3. The molecule has 0 spiro atoms. The summed E-state index contributed by atoms with van der Waals surface area (Å²) in [7, 11) is 0. The normalized spacial score (nSPS) is 11.8. The fraction of sp³-hybridized carbons (Fsp3) is 0. The lowest BCUT2D eigenvalue weighted by atomic mass is 9.97. The van der Waals surface area contributed by atoms with Crippen molar-refractivity contribution in [3.8, 4) is 11.1 Å². The molecular weight excluding hydrogens is 607 g/mol. The summed E-state index contributed by atoms with van der Waals surface area (Å²) in [5, 5.41) is 10.3. The van der Waals surface area contributed by atoms with Crippen molar-refractivity contribution in [2.24, 2.45) is 0 Å². The second kappa shape index (κ2) is 10.5. The highest BCUT2D eigenvalue weighted by Crippen LogP contribution is 2.49. The van der Waals surface area contributed by atoms with Crippen LogP contribution >= 0.6 is 22.7 Å². The number of hydrogen-bond donors (Lipinski definition) is 0. The van der Waals surface area contributed by atoms with Crippen molar-refractivity contribution in [1.82, 2.24) is 0 Å². The summed E-state index contributed by atoms with van der Waals surface area (Å²) >= 11 is 3.76. The number of benzene rings is 8. The quantitative estimate of drug-likeness (QED) is 0.174. The number of thiophene rings is 2. The van der Waals surface area contributed by atoms with E-state index < -0.39 is 0 Å². The van der Waals surface area contributed by atoms with Crippen molar-refractivity contribution in [2.45, 2.75) is 0 Å². The second-order valence-electron chi connectivity index (χ2n) is 12.1. The summed E-state index contributed by atoms with van der Waals surface area (Å²) in [5.41, 5.74) is 5.98. The van der Waals surface area contributed by atoms with Crippen LogP contribution in [0.25, 0.3) is 73.0 Å². The second-order valence-corrected chi connectivity index (χ2v) is 14.2. The van der Waals surface area contributed by atoms with Gasteiger partial charge in [0.25, 0.3) is 0 Å². The van der Waals surface area contributed by atoms with Gasteiger partial charge in [0.1, 0.15) is 0 Å². The van der Waals surface area contributed by atoms with E-state index in [2.05, 4.69) is 169 Å². The Morgan fingerprint density at radius 2 is 0.872 bits per heavy atom. The molecule has 10 aromatic rings. The minimum atomic E-state index is 1.15. The van der Waals surface area contributed by atoms with Gasteiger partial charge >= 0.3 is 0 Å². The van der Waals surface area contributed by atoms with E-state index in [9.17, 15) is 0 Å². The van der Waals surface area contributed by atoms with Gasteiger partial charge in [-0.15, -0.1) is 22.7 Å². The Labute approximate surface area is 280 Å². The molecule has 0 amide bonds. The predicted molar refractivity (Wildman–Crippen MR) is 207 cm³/mol. The van der Waals surface area contributed by atoms with Crippen LogP contribution in [-0.2, 0) is 0 Å². The van der Waals surface area contributed by atoms with E-state index in [1.807, 2.05) is 22.7 Å². The molecule has 0 unspecified atom stereocenters. The van der Waals surface area contributed by atoms with Crippen LogP contribution in [0.2, 0.25) is 0 Å². The van der Waals surface area contributed by atoms with Crippen LogP contribution in [0, 0.1) is 0 Å². The van der Waals surface area contributed by atoms with Crippen LogP contribution in [0.4, 0.5) is 17.1 Å². The molecule has 2 heterocycles. The minimum Gasteiger partial charge on any atom is -0.308 e. The standard InChI is InChI=1S/C44H27NS2/c1-2-13-33-28(10-1)22-23-31-26-30(24-25-34(31)33)29-11-7-12-32(27-29)45(39-18-8-16-37-35-14-3-5-20-41(35)46-43(37)39)40-19-9-17-38-36-15-4-6-21-42(36)47-44(38)40/h1-27H. The fourth-order valence-electron chi connectivity index (χ4n) is 7.24. The van der Waals surface area contributed by atoms with Gasteiger partial charge in [0.15, 0.2) is 0 Å². The third-order valence-corrected chi connectivity index (χ3v) is 11.8. The SMILES string of the molecule is c1cc(-c2ccc3c(ccc4ccccc43)c2)cc(N(c2cccc3c2sc2ccccc23)c2cccc3c2sc2ccccc23)c1. The van der Waals surface area contributed by atoms with Gasteiger partial charge < -0.3 is 4.90 Å². The molecule has 0 saturated carbocycles. The van der Waals surface area contributed by atoms with Crippen LogP contribution in [0.1, 0.15) is 0 Å². The molecule has 220 valence electrons. The molecule has 1 nitrogen and oxygen atoms in total. The number of hydrogen-bond acceptors (Lipinski definition) is 3. The molecule has 0 aliphatic carbocycles. The molecule has 47 heavy (non-hydrogen) atoms. The summed E-state index contributed by atoms with van der Waals surface area (Å²) < 4.78 is 5.23. The van der Waals surface area contributed by atoms with Gasteiger partial charge in [0, 0.05) is 36.6 Å². The van der Waals surface area contributed by atoms with E-state index in [1.165, 1.54) is 84.4 Å². The molecule has 2 aromatic heterocycles. The van der Waals surface area contributed by atoms with E-state index in [0.29, 0.717) is 0 Å². The third kappa shape index (κ3) is 4.21. The summed E-state index contributed by atoms with van der Waals surface area (Å²) in [6.07, 6.45) is 0. The summed E-state index contributed by atoms with van der Waals surface area (Å²) in [4.78, 5) is 2.49. The van der Waals surface area contributed by atoms with Gasteiger partial charge in [-0.2, -0.15) is 0 Å². The van der Waals surface area contributed by atoms with Crippen LogP contribution in [0.15, 0.2) is 164 Å². The first-order valence-corrected chi connectivity index (χ1v) is 17.6.